The Bertz CT molecular complexity index is 373. The van der Waals surface area contributed by atoms with E-state index in [1.165, 1.54) is 15.8 Å². The predicted molar refractivity (Wildman–Crippen MR) is 49.7 cm³/mol. The zero-order chi connectivity index (χ0) is 8.55. The molecule has 0 saturated heterocycles. The third-order valence-electron chi connectivity index (χ3n) is 1.56. The van der Waals surface area contributed by atoms with Crippen LogP contribution in [-0.4, -0.2) is 20.3 Å². The summed E-state index contributed by atoms with van der Waals surface area (Å²) in [4.78, 5) is 8.26. The highest BCUT2D eigenvalue weighted by atomic mass is 35.5. The highest BCUT2D eigenvalue weighted by molar-refractivity contribution is 7.98. The summed E-state index contributed by atoms with van der Waals surface area (Å²) in [6.45, 7) is 0. The molecule has 0 bridgehead atoms. The lowest BCUT2D eigenvalue weighted by molar-refractivity contribution is 0.898. The summed E-state index contributed by atoms with van der Waals surface area (Å²) in [6, 6.07) is 1.88. The second-order valence-electron chi connectivity index (χ2n) is 2.25. The molecule has 0 spiro atoms. The van der Waals surface area contributed by atoms with Crippen molar-refractivity contribution in [3.05, 3.63) is 18.5 Å². The van der Waals surface area contributed by atoms with Gasteiger partial charge in [-0.15, -0.1) is 0 Å². The topological polar surface area (TPSA) is 30.7 Å². The van der Waals surface area contributed by atoms with Crippen molar-refractivity contribution in [1.29, 1.82) is 0 Å². The summed E-state index contributed by atoms with van der Waals surface area (Å²) >= 11 is 7.45. The average Bonchev–Trinajstić information content (AvgIpc) is 2.53. The van der Waals surface area contributed by atoms with Crippen molar-refractivity contribution in [1.82, 2.24) is 14.1 Å². The fraction of sp³-hybridized carbons (Fsp3) is 0.143. The summed E-state index contributed by atoms with van der Waals surface area (Å²) < 4.78 is 1.47. The van der Waals surface area contributed by atoms with E-state index in [0.717, 1.165) is 16.5 Å². The zero-order valence-electron chi connectivity index (χ0n) is 6.36. The van der Waals surface area contributed by atoms with E-state index in [1.807, 2.05) is 12.3 Å². The van der Waals surface area contributed by atoms with E-state index in [9.17, 15) is 0 Å². The number of aromatic nitrogens is 3. The second-order valence-corrected chi connectivity index (χ2v) is 3.36. The van der Waals surface area contributed by atoms with Crippen LogP contribution >= 0.6 is 23.5 Å². The largest absolute Gasteiger partial charge is 0.237 e. The molecule has 0 aromatic rings. The molecule has 5 heteroatoms. The average molecular weight is 200 g/mol. The molecule has 2 rings (SSSR count). The van der Waals surface area contributed by atoms with Gasteiger partial charge >= 0.3 is 0 Å². The number of hydrogen-bond donors (Lipinski definition) is 0. The fourth-order valence-corrected chi connectivity index (χ4v) is 1.80. The molecule has 2 aliphatic heterocycles. The molecule has 0 saturated carbocycles. The van der Waals surface area contributed by atoms with E-state index >= 15 is 0 Å². The monoisotopic (exact) mass is 199 g/mol. The highest BCUT2D eigenvalue weighted by Gasteiger charge is 2.10. The Hall–Kier alpha value is -0.740. The SMILES string of the molecule is CSc1ncc2ccnc-2n1Cl. The first-order valence-electron chi connectivity index (χ1n) is 3.35. The molecule has 0 unspecified atom stereocenters. The smallest absolute Gasteiger partial charge is 0.184 e. The van der Waals surface area contributed by atoms with Crippen molar-refractivity contribution in [2.24, 2.45) is 0 Å². The molecule has 0 atom stereocenters. The Morgan fingerprint density at radius 3 is 3.08 bits per heavy atom. The van der Waals surface area contributed by atoms with Gasteiger partial charge in [-0.1, -0.05) is 11.8 Å². The molecule has 0 fully saturated rings. The van der Waals surface area contributed by atoms with Crippen molar-refractivity contribution < 1.29 is 0 Å². The molecule has 2 heterocycles. The number of thioether (sulfide) groups is 1. The van der Waals surface area contributed by atoms with E-state index in [4.69, 9.17) is 11.8 Å². The number of fused-ring (bicyclic) bond motifs is 1. The molecule has 0 aliphatic carbocycles. The van der Waals surface area contributed by atoms with Gasteiger partial charge in [0, 0.05) is 29.7 Å². The Kier molecular flexibility index (Phi) is 1.94. The van der Waals surface area contributed by atoms with Crippen LogP contribution in [0.1, 0.15) is 0 Å². The van der Waals surface area contributed by atoms with E-state index in [1.54, 1.807) is 12.4 Å². The Labute approximate surface area is 79.2 Å². The summed E-state index contributed by atoms with van der Waals surface area (Å²) in [5.74, 6) is 0.760. The quantitative estimate of drug-likeness (QED) is 0.521. The second kappa shape index (κ2) is 2.95. The van der Waals surface area contributed by atoms with Gasteiger partial charge in [0.1, 0.15) is 0 Å². The summed E-state index contributed by atoms with van der Waals surface area (Å²) in [5.41, 5.74) is 0.961. The maximum Gasteiger partial charge on any atom is 0.184 e. The van der Waals surface area contributed by atoms with Crippen LogP contribution < -0.4 is 0 Å². The molecule has 2 aliphatic rings. The van der Waals surface area contributed by atoms with Gasteiger partial charge in [0.2, 0.25) is 0 Å². The van der Waals surface area contributed by atoms with Crippen LogP contribution in [0.15, 0.2) is 23.6 Å². The molecule has 0 radical (unpaired) electrons. The summed E-state index contributed by atoms with van der Waals surface area (Å²) in [5, 5.41) is 0.753. The van der Waals surface area contributed by atoms with Gasteiger partial charge < -0.3 is 0 Å². The molecule has 0 aromatic heterocycles. The van der Waals surface area contributed by atoms with E-state index in [0.29, 0.717) is 0 Å². The van der Waals surface area contributed by atoms with Crippen molar-refractivity contribution in [2.45, 2.75) is 5.16 Å². The van der Waals surface area contributed by atoms with Crippen molar-refractivity contribution in [2.75, 3.05) is 6.26 Å². The molecule has 0 aromatic carbocycles. The molecule has 12 heavy (non-hydrogen) atoms. The van der Waals surface area contributed by atoms with Gasteiger partial charge in [0.25, 0.3) is 0 Å². The minimum Gasteiger partial charge on any atom is -0.237 e. The van der Waals surface area contributed by atoms with Gasteiger partial charge in [-0.2, -0.15) is 0 Å². The van der Waals surface area contributed by atoms with Gasteiger partial charge in [0.15, 0.2) is 11.0 Å². The van der Waals surface area contributed by atoms with E-state index in [-0.39, 0.29) is 0 Å². The van der Waals surface area contributed by atoms with E-state index in [2.05, 4.69) is 9.97 Å². The molecule has 0 N–H and O–H groups in total. The number of nitrogens with zero attached hydrogens (tertiary/aromatic N) is 3. The highest BCUT2D eigenvalue weighted by Crippen LogP contribution is 2.24. The fourth-order valence-electron chi connectivity index (χ4n) is 1.00. The summed E-state index contributed by atoms with van der Waals surface area (Å²) in [7, 11) is 0. The summed E-state index contributed by atoms with van der Waals surface area (Å²) in [6.07, 6.45) is 5.42. The number of rotatable bonds is 1. The molecule has 0 amide bonds. The first-order chi connectivity index (χ1) is 5.83. The van der Waals surface area contributed by atoms with Gasteiger partial charge in [0.05, 0.1) is 0 Å². The van der Waals surface area contributed by atoms with Crippen molar-refractivity contribution in [3.8, 4) is 11.4 Å². The maximum atomic E-state index is 5.95. The first kappa shape index (κ1) is 7.89. The van der Waals surface area contributed by atoms with Crippen LogP contribution in [0.4, 0.5) is 0 Å². The van der Waals surface area contributed by atoms with Gasteiger partial charge in [-0.25, -0.2) is 14.1 Å². The predicted octanol–water partition coefficient (Wildman–Crippen LogP) is 2.11. The van der Waals surface area contributed by atoms with Crippen LogP contribution in [0.5, 0.6) is 0 Å². The molecular formula is C7H6ClN3S. The van der Waals surface area contributed by atoms with Gasteiger partial charge in [-0.05, 0) is 12.3 Å². The molecule has 3 nitrogen and oxygen atoms in total. The third-order valence-corrected chi connectivity index (χ3v) is 2.63. The lowest BCUT2D eigenvalue weighted by atomic mass is 10.3. The minimum atomic E-state index is 0.753. The molecular weight excluding hydrogens is 194 g/mol. The molecule has 62 valence electrons. The normalized spacial score (nSPS) is 10.8. The standard InChI is InChI=1S/C7H6ClN3S/c1-12-7-10-4-5-2-3-9-6(5)11(7)8/h2-4H,1H3. The van der Waals surface area contributed by atoms with Crippen molar-refractivity contribution in [3.63, 3.8) is 0 Å². The number of hydrogen-bond acceptors (Lipinski definition) is 3. The zero-order valence-corrected chi connectivity index (χ0v) is 7.93. The van der Waals surface area contributed by atoms with E-state index < -0.39 is 0 Å². The van der Waals surface area contributed by atoms with Gasteiger partial charge in [-0.3, -0.25) is 0 Å². The minimum absolute atomic E-state index is 0.753. The Morgan fingerprint density at radius 2 is 2.33 bits per heavy atom. The first-order valence-corrected chi connectivity index (χ1v) is 4.92. The van der Waals surface area contributed by atoms with Crippen LogP contribution in [0.2, 0.25) is 0 Å². The van der Waals surface area contributed by atoms with Crippen molar-refractivity contribution >= 4 is 23.5 Å². The Morgan fingerprint density at radius 1 is 1.50 bits per heavy atom. The van der Waals surface area contributed by atoms with Crippen LogP contribution in [0.25, 0.3) is 11.4 Å². The van der Waals surface area contributed by atoms with Crippen LogP contribution in [-0.2, 0) is 0 Å². The lowest BCUT2D eigenvalue weighted by Crippen LogP contribution is -1.97. The number of halogens is 1. The maximum absolute atomic E-state index is 5.95. The third kappa shape index (κ3) is 1.07. The van der Waals surface area contributed by atoms with Crippen LogP contribution in [0, 0.1) is 0 Å². The van der Waals surface area contributed by atoms with Crippen LogP contribution in [0.3, 0.4) is 0 Å². The Balaban J connectivity index is 2.70. The lowest BCUT2D eigenvalue weighted by Gasteiger charge is -2.05.